The predicted octanol–water partition coefficient (Wildman–Crippen LogP) is 2.08. The number of urea groups is 1. The number of carbonyl (C=O) groups excluding carboxylic acids is 1. The second-order valence-electron chi connectivity index (χ2n) is 6.62. The lowest BCUT2D eigenvalue weighted by atomic mass is 10.1. The molecule has 148 valence electrons. The van der Waals surface area contributed by atoms with E-state index < -0.39 is 46.5 Å². The monoisotopic (exact) mass is 398 g/mol. The third-order valence-electron chi connectivity index (χ3n) is 4.20. The summed E-state index contributed by atoms with van der Waals surface area (Å²) in [6.07, 6.45) is -4.75. The van der Waals surface area contributed by atoms with Crippen molar-refractivity contribution in [2.45, 2.75) is 31.2 Å². The number of aromatic nitrogens is 1. The van der Waals surface area contributed by atoms with Crippen molar-refractivity contribution in [3.8, 4) is 0 Å². The van der Waals surface area contributed by atoms with Gasteiger partial charge < -0.3 is 9.42 Å². The molecule has 1 N–H and O–H groups in total. The quantitative estimate of drug-likeness (QED) is 0.838. The average molecular weight is 398 g/mol. The summed E-state index contributed by atoms with van der Waals surface area (Å²) in [5.74, 6) is -1.59. The average Bonchev–Trinajstić information content (AvgIpc) is 3.13. The van der Waals surface area contributed by atoms with E-state index in [4.69, 9.17) is 4.52 Å². The molecule has 1 aliphatic heterocycles. The molecule has 0 radical (unpaired) electrons. The molecular formula is C14H21F3N4O4S. The van der Waals surface area contributed by atoms with Crippen molar-refractivity contribution in [3.63, 3.8) is 0 Å². The van der Waals surface area contributed by atoms with Crippen LogP contribution in [-0.4, -0.2) is 67.4 Å². The maximum absolute atomic E-state index is 13.3. The molecule has 1 saturated heterocycles. The normalized spacial score (nSPS) is 21.7. The maximum atomic E-state index is 13.3. The molecule has 1 aliphatic rings. The Balaban J connectivity index is 2.18. The first-order valence-electron chi connectivity index (χ1n) is 7.84. The van der Waals surface area contributed by atoms with Crippen LogP contribution < -0.4 is 5.32 Å². The molecule has 2 atom stereocenters. The van der Waals surface area contributed by atoms with E-state index in [1.165, 1.54) is 6.07 Å². The van der Waals surface area contributed by atoms with E-state index in [0.29, 0.717) is 5.76 Å². The van der Waals surface area contributed by atoms with Gasteiger partial charge in [0.15, 0.2) is 5.82 Å². The second-order valence-corrected chi connectivity index (χ2v) is 8.98. The van der Waals surface area contributed by atoms with E-state index >= 15 is 0 Å². The third-order valence-corrected chi connectivity index (χ3v) is 6.46. The van der Waals surface area contributed by atoms with Gasteiger partial charge in [-0.25, -0.2) is 17.5 Å². The number of halogens is 3. The summed E-state index contributed by atoms with van der Waals surface area (Å²) in [5, 5.41) is 4.21. The summed E-state index contributed by atoms with van der Waals surface area (Å²) in [6.45, 7) is 2.38. The topological polar surface area (TPSA) is 95.8 Å². The number of rotatable bonds is 4. The lowest BCUT2D eigenvalue weighted by Crippen LogP contribution is -2.43. The van der Waals surface area contributed by atoms with Gasteiger partial charge in [0, 0.05) is 39.2 Å². The SMILES string of the molecule is CC(C)c1cc(NC(=O)N2C[C@H](C(F)(F)F)[C@@H](S(=O)(=O)N(C)C)C2)no1. The van der Waals surface area contributed by atoms with Crippen LogP contribution >= 0.6 is 0 Å². The molecule has 0 aromatic carbocycles. The first-order chi connectivity index (χ1) is 11.8. The number of nitrogens with one attached hydrogen (secondary N) is 1. The van der Waals surface area contributed by atoms with E-state index in [0.717, 1.165) is 23.3 Å². The number of amides is 2. The van der Waals surface area contributed by atoms with Crippen LogP contribution in [0.4, 0.5) is 23.8 Å². The fourth-order valence-electron chi connectivity index (χ4n) is 2.64. The zero-order valence-corrected chi connectivity index (χ0v) is 15.6. The van der Waals surface area contributed by atoms with Gasteiger partial charge in [0.1, 0.15) is 11.0 Å². The van der Waals surface area contributed by atoms with Gasteiger partial charge in [-0.2, -0.15) is 13.2 Å². The second kappa shape index (κ2) is 7.06. The lowest BCUT2D eigenvalue weighted by Gasteiger charge is -2.23. The molecule has 26 heavy (non-hydrogen) atoms. The van der Waals surface area contributed by atoms with Crippen molar-refractivity contribution in [2.24, 2.45) is 5.92 Å². The minimum absolute atomic E-state index is 0.0177. The molecule has 1 fully saturated rings. The highest BCUT2D eigenvalue weighted by molar-refractivity contribution is 7.89. The van der Waals surface area contributed by atoms with Crippen LogP contribution in [0, 0.1) is 5.92 Å². The van der Waals surface area contributed by atoms with Crippen molar-refractivity contribution in [1.82, 2.24) is 14.4 Å². The molecule has 1 aromatic heterocycles. The Labute approximate surface area is 149 Å². The predicted molar refractivity (Wildman–Crippen MR) is 87.1 cm³/mol. The van der Waals surface area contributed by atoms with Gasteiger partial charge in [-0.1, -0.05) is 19.0 Å². The van der Waals surface area contributed by atoms with Gasteiger partial charge in [0.05, 0.1) is 5.92 Å². The fourth-order valence-corrected chi connectivity index (χ4v) is 4.20. The molecule has 2 heterocycles. The highest BCUT2D eigenvalue weighted by atomic mass is 32.2. The highest BCUT2D eigenvalue weighted by Crippen LogP contribution is 2.37. The smallest absolute Gasteiger partial charge is 0.359 e. The van der Waals surface area contributed by atoms with Crippen LogP contribution in [0.3, 0.4) is 0 Å². The van der Waals surface area contributed by atoms with Crippen LogP contribution in [0.2, 0.25) is 0 Å². The summed E-state index contributed by atoms with van der Waals surface area (Å²) in [6, 6.07) is 0.604. The molecule has 0 bridgehead atoms. The van der Waals surface area contributed by atoms with Crippen LogP contribution in [0.25, 0.3) is 0 Å². The van der Waals surface area contributed by atoms with Gasteiger partial charge in [-0.05, 0) is 0 Å². The van der Waals surface area contributed by atoms with E-state index in [2.05, 4.69) is 10.5 Å². The Morgan fingerprint density at radius 2 is 2.00 bits per heavy atom. The van der Waals surface area contributed by atoms with Gasteiger partial charge in [0.25, 0.3) is 0 Å². The van der Waals surface area contributed by atoms with Crippen molar-refractivity contribution in [1.29, 1.82) is 0 Å². The van der Waals surface area contributed by atoms with Gasteiger partial charge >= 0.3 is 12.2 Å². The summed E-state index contributed by atoms with van der Waals surface area (Å²) in [4.78, 5) is 13.1. The van der Waals surface area contributed by atoms with Gasteiger partial charge in [0.2, 0.25) is 10.0 Å². The maximum Gasteiger partial charge on any atom is 0.394 e. The van der Waals surface area contributed by atoms with Crippen molar-refractivity contribution >= 4 is 21.9 Å². The Morgan fingerprint density at radius 1 is 1.38 bits per heavy atom. The Morgan fingerprint density at radius 3 is 2.46 bits per heavy atom. The van der Waals surface area contributed by atoms with Gasteiger partial charge in [-0.3, -0.25) is 5.32 Å². The highest BCUT2D eigenvalue weighted by Gasteiger charge is 2.56. The van der Waals surface area contributed by atoms with E-state index in [-0.39, 0.29) is 11.7 Å². The van der Waals surface area contributed by atoms with Crippen LogP contribution in [0.15, 0.2) is 10.6 Å². The van der Waals surface area contributed by atoms with Crippen molar-refractivity contribution in [3.05, 3.63) is 11.8 Å². The van der Waals surface area contributed by atoms with E-state index in [1.807, 2.05) is 13.8 Å². The number of nitrogens with zero attached hydrogens (tertiary/aromatic N) is 3. The van der Waals surface area contributed by atoms with Crippen molar-refractivity contribution < 1.29 is 30.9 Å². The minimum Gasteiger partial charge on any atom is -0.359 e. The lowest BCUT2D eigenvalue weighted by molar-refractivity contribution is -0.169. The summed E-state index contributed by atoms with van der Waals surface area (Å²) in [7, 11) is -1.88. The number of alkyl halides is 3. The zero-order valence-electron chi connectivity index (χ0n) is 14.7. The number of likely N-dealkylation sites (tertiary alicyclic amines) is 1. The molecule has 1 aromatic rings. The third kappa shape index (κ3) is 4.11. The number of hydrogen-bond acceptors (Lipinski definition) is 5. The van der Waals surface area contributed by atoms with E-state index in [9.17, 15) is 26.4 Å². The Kier molecular flexibility index (Phi) is 5.57. The van der Waals surface area contributed by atoms with Crippen LogP contribution in [-0.2, 0) is 10.0 Å². The molecule has 8 nitrogen and oxygen atoms in total. The summed E-state index contributed by atoms with van der Waals surface area (Å²) < 4.78 is 70.1. The molecule has 2 amide bonds. The fraction of sp³-hybridized carbons (Fsp3) is 0.714. The Bertz CT molecular complexity index is 760. The molecule has 0 unspecified atom stereocenters. The summed E-state index contributed by atoms with van der Waals surface area (Å²) in [5.41, 5.74) is 0. The standard InChI is InChI=1S/C14H21F3N4O4S/c1-8(2)10-5-12(19-25-10)18-13(22)21-6-9(14(15,16)17)11(7-21)26(23,24)20(3)4/h5,8-9,11H,6-7H2,1-4H3,(H,18,19,22)/t9-,11-/m0/s1. The number of sulfonamides is 1. The first-order valence-corrected chi connectivity index (χ1v) is 9.35. The van der Waals surface area contributed by atoms with E-state index in [1.54, 1.807) is 0 Å². The number of anilines is 1. The number of hydrogen-bond donors (Lipinski definition) is 1. The van der Waals surface area contributed by atoms with Crippen molar-refractivity contribution in [2.75, 3.05) is 32.5 Å². The zero-order chi connectivity index (χ0) is 19.9. The molecule has 0 saturated carbocycles. The first kappa shape index (κ1) is 20.5. The van der Waals surface area contributed by atoms with Crippen LogP contribution in [0.1, 0.15) is 25.5 Å². The molecular weight excluding hydrogens is 377 g/mol. The molecule has 2 rings (SSSR count). The Hall–Kier alpha value is -1.82. The summed E-state index contributed by atoms with van der Waals surface area (Å²) >= 11 is 0. The number of carbonyl (C=O) groups is 1. The van der Waals surface area contributed by atoms with Gasteiger partial charge in [-0.15, -0.1) is 0 Å². The molecule has 12 heteroatoms. The van der Waals surface area contributed by atoms with Crippen LogP contribution in [0.5, 0.6) is 0 Å². The molecule has 0 aliphatic carbocycles. The molecule has 0 spiro atoms. The minimum atomic E-state index is -4.75. The largest absolute Gasteiger partial charge is 0.394 e.